The Morgan fingerprint density at radius 2 is 1.97 bits per heavy atom. The molecule has 3 aliphatic carbocycles. The minimum Gasteiger partial charge on any atom is -0.348 e. The third kappa shape index (κ3) is 3.28. The molecule has 2 aromatic rings. The Hall–Kier alpha value is -1.98. The van der Waals surface area contributed by atoms with Gasteiger partial charge in [0.25, 0.3) is 0 Å². The first kappa shape index (κ1) is 19.7. The summed E-state index contributed by atoms with van der Waals surface area (Å²) in [6, 6.07) is 8.15. The van der Waals surface area contributed by atoms with E-state index in [1.54, 1.807) is 0 Å². The van der Waals surface area contributed by atoms with Crippen LogP contribution in [-0.4, -0.2) is 29.0 Å². The van der Waals surface area contributed by atoms with Crippen molar-refractivity contribution < 1.29 is 9.47 Å². The maximum Gasteiger partial charge on any atom is 0.248 e. The highest BCUT2D eigenvalue weighted by Gasteiger charge is 2.55. The predicted molar refractivity (Wildman–Crippen MR) is 118 cm³/mol. The first-order valence-corrected chi connectivity index (χ1v) is 12.1. The molecule has 1 unspecified atom stereocenters. The Bertz CT molecular complexity index is 993. The Morgan fingerprint density at radius 3 is 2.71 bits per heavy atom. The smallest absolute Gasteiger partial charge is 0.248 e. The summed E-state index contributed by atoms with van der Waals surface area (Å²) >= 11 is 0. The van der Waals surface area contributed by atoms with Gasteiger partial charge >= 0.3 is 0 Å². The molecule has 3 heterocycles. The second-order valence-corrected chi connectivity index (χ2v) is 10.2. The van der Waals surface area contributed by atoms with Crippen LogP contribution in [0.3, 0.4) is 0 Å². The van der Waals surface area contributed by atoms with Gasteiger partial charge in [0, 0.05) is 42.4 Å². The Labute approximate surface area is 183 Å². The molecule has 164 valence electrons. The molecule has 4 aliphatic rings. The highest BCUT2D eigenvalue weighted by Crippen LogP contribution is 2.58. The normalized spacial score (nSPS) is 32.1. The molecule has 0 radical (unpaired) electrons. The average Bonchev–Trinajstić information content (AvgIpc) is 3.15. The van der Waals surface area contributed by atoms with Crippen LogP contribution >= 0.6 is 0 Å². The van der Waals surface area contributed by atoms with Crippen LogP contribution in [0.2, 0.25) is 0 Å². The molecule has 5 nitrogen and oxygen atoms in total. The lowest BCUT2D eigenvalue weighted by molar-refractivity contribution is -0.199. The quantitative estimate of drug-likeness (QED) is 0.796. The third-order valence-electron chi connectivity index (χ3n) is 8.76. The molecule has 6 rings (SSSR count). The van der Waals surface area contributed by atoms with E-state index in [2.05, 4.69) is 23.3 Å². The first-order valence-electron chi connectivity index (χ1n) is 12.1. The van der Waals surface area contributed by atoms with Gasteiger partial charge < -0.3 is 14.5 Å². The number of nitrogens with zero attached hydrogens (tertiary/aromatic N) is 1. The van der Waals surface area contributed by atoms with Crippen LogP contribution in [0, 0.1) is 11.8 Å². The van der Waals surface area contributed by atoms with Gasteiger partial charge in [-0.15, -0.1) is 0 Å². The minimum atomic E-state index is -0.406. The van der Waals surface area contributed by atoms with Crippen LogP contribution < -0.4 is 5.56 Å². The van der Waals surface area contributed by atoms with Gasteiger partial charge in [0.05, 0.1) is 13.2 Å². The summed E-state index contributed by atoms with van der Waals surface area (Å²) in [5.41, 5.74) is 3.81. The Morgan fingerprint density at radius 1 is 1.10 bits per heavy atom. The lowest BCUT2D eigenvalue weighted by atomic mass is 9.58. The third-order valence-corrected chi connectivity index (χ3v) is 8.76. The molecule has 31 heavy (non-hydrogen) atoms. The number of hydrogen-bond acceptors (Lipinski definition) is 4. The van der Waals surface area contributed by atoms with Crippen LogP contribution in [0.15, 0.2) is 41.5 Å². The van der Waals surface area contributed by atoms with Crippen molar-refractivity contribution in [1.82, 2.24) is 9.97 Å². The Kier molecular flexibility index (Phi) is 4.80. The second kappa shape index (κ2) is 7.56. The van der Waals surface area contributed by atoms with E-state index in [1.165, 1.54) is 30.4 Å². The second-order valence-electron chi connectivity index (χ2n) is 10.2. The minimum absolute atomic E-state index is 0.0317. The van der Waals surface area contributed by atoms with E-state index in [1.807, 2.05) is 18.3 Å². The van der Waals surface area contributed by atoms with Crippen molar-refractivity contribution in [3.8, 4) is 0 Å². The van der Waals surface area contributed by atoms with E-state index < -0.39 is 5.79 Å². The van der Waals surface area contributed by atoms with Crippen molar-refractivity contribution in [3.05, 3.63) is 63.8 Å². The molecule has 3 atom stereocenters. The maximum absolute atomic E-state index is 12.4. The zero-order valence-electron chi connectivity index (χ0n) is 18.1. The molecule has 1 N–H and O–H groups in total. The number of aromatic amines is 1. The van der Waals surface area contributed by atoms with E-state index in [0.717, 1.165) is 50.1 Å². The number of pyridine rings is 2. The summed E-state index contributed by atoms with van der Waals surface area (Å²) < 4.78 is 12.4. The van der Waals surface area contributed by atoms with Gasteiger partial charge in [0.15, 0.2) is 5.79 Å². The monoisotopic (exact) mass is 420 g/mol. The zero-order valence-corrected chi connectivity index (χ0v) is 18.1. The summed E-state index contributed by atoms with van der Waals surface area (Å²) in [6.07, 6.45) is 13.9. The molecule has 1 aliphatic heterocycles. The van der Waals surface area contributed by atoms with E-state index in [0.29, 0.717) is 25.0 Å². The number of hydrogen-bond donors (Lipinski definition) is 1. The summed E-state index contributed by atoms with van der Waals surface area (Å²) in [5, 5.41) is 0. The lowest BCUT2D eigenvalue weighted by Gasteiger charge is -2.49. The summed E-state index contributed by atoms with van der Waals surface area (Å²) in [5.74, 6) is 1.27. The average molecular weight is 421 g/mol. The van der Waals surface area contributed by atoms with Crippen molar-refractivity contribution >= 4 is 0 Å². The molecule has 0 bridgehead atoms. The highest BCUT2D eigenvalue weighted by molar-refractivity contribution is 5.40. The van der Waals surface area contributed by atoms with E-state index >= 15 is 0 Å². The molecule has 0 aromatic carbocycles. The van der Waals surface area contributed by atoms with Gasteiger partial charge in [0.1, 0.15) is 0 Å². The molecule has 3 fully saturated rings. The molecule has 2 saturated carbocycles. The Balaban J connectivity index is 1.48. The number of aromatic nitrogens is 2. The van der Waals surface area contributed by atoms with Gasteiger partial charge in [-0.2, -0.15) is 0 Å². The summed E-state index contributed by atoms with van der Waals surface area (Å²) in [6.45, 7) is 1.41. The van der Waals surface area contributed by atoms with Gasteiger partial charge in [-0.1, -0.05) is 12.5 Å². The largest absolute Gasteiger partial charge is 0.348 e. The standard InChI is InChI=1S/C26H32N2O3/c29-24-14-22-21(18-4-3-5-18)8-7-19-15-26(30-12-13-31-26)10-9-25(19,23(22)17-28-24)16-20-6-1-2-11-27-20/h1-2,6,11,14,17-19,21H,3-5,7-10,12-13,15-16H2,(H,28,29)/t19-,21?,25+/m1/s1. The van der Waals surface area contributed by atoms with Crippen LogP contribution in [-0.2, 0) is 21.3 Å². The van der Waals surface area contributed by atoms with Gasteiger partial charge in [0.2, 0.25) is 5.56 Å². The number of ether oxygens (including phenoxy) is 2. The summed E-state index contributed by atoms with van der Waals surface area (Å²) in [7, 11) is 0. The van der Waals surface area contributed by atoms with E-state index in [4.69, 9.17) is 14.5 Å². The number of nitrogens with one attached hydrogen (secondary N) is 1. The molecule has 1 spiro atoms. The fourth-order valence-corrected chi connectivity index (χ4v) is 7.03. The fraction of sp³-hybridized carbons (Fsp3) is 0.615. The van der Waals surface area contributed by atoms with Crippen molar-refractivity contribution in [3.63, 3.8) is 0 Å². The van der Waals surface area contributed by atoms with Crippen molar-refractivity contribution in [2.24, 2.45) is 11.8 Å². The zero-order chi connectivity index (χ0) is 20.9. The van der Waals surface area contributed by atoms with Gasteiger partial charge in [-0.05, 0) is 79.5 Å². The molecule has 5 heteroatoms. The van der Waals surface area contributed by atoms with E-state index in [9.17, 15) is 4.79 Å². The molecule has 1 saturated heterocycles. The fourth-order valence-electron chi connectivity index (χ4n) is 7.03. The lowest BCUT2D eigenvalue weighted by Crippen LogP contribution is -2.49. The van der Waals surface area contributed by atoms with Crippen LogP contribution in [0.4, 0.5) is 0 Å². The van der Waals surface area contributed by atoms with Crippen molar-refractivity contribution in [2.45, 2.75) is 74.9 Å². The van der Waals surface area contributed by atoms with Crippen LogP contribution in [0.1, 0.15) is 74.1 Å². The van der Waals surface area contributed by atoms with Crippen molar-refractivity contribution in [1.29, 1.82) is 0 Å². The number of rotatable bonds is 3. The highest BCUT2D eigenvalue weighted by atomic mass is 16.7. The van der Waals surface area contributed by atoms with E-state index in [-0.39, 0.29) is 11.0 Å². The number of H-pyrrole nitrogens is 1. The number of fused-ring (bicyclic) bond motifs is 3. The maximum atomic E-state index is 12.4. The summed E-state index contributed by atoms with van der Waals surface area (Å²) in [4.78, 5) is 20.2. The molecular weight excluding hydrogens is 388 g/mol. The molecule has 0 amide bonds. The van der Waals surface area contributed by atoms with Crippen molar-refractivity contribution in [2.75, 3.05) is 13.2 Å². The topological polar surface area (TPSA) is 64.2 Å². The van der Waals surface area contributed by atoms with Gasteiger partial charge in [-0.3, -0.25) is 9.78 Å². The molecule has 2 aromatic heterocycles. The van der Waals surface area contributed by atoms with Gasteiger partial charge in [-0.25, -0.2) is 0 Å². The molecular formula is C26H32N2O3. The van der Waals surface area contributed by atoms with Crippen LogP contribution in [0.25, 0.3) is 0 Å². The SMILES string of the molecule is O=c1cc2c(c[nH]1)[C@]1(Cc3ccccn3)CCC3(C[C@H]1CCC2C1CCC1)OCCO3. The van der Waals surface area contributed by atoms with Crippen LogP contribution in [0.5, 0.6) is 0 Å². The first-order chi connectivity index (χ1) is 15.2. The predicted octanol–water partition coefficient (Wildman–Crippen LogP) is 4.47.